The number of aryl methyl sites for hydroxylation is 1. The Morgan fingerprint density at radius 1 is 1.38 bits per heavy atom. The summed E-state index contributed by atoms with van der Waals surface area (Å²) in [6.45, 7) is 10.4. The molecule has 1 aliphatic heterocycles. The molecule has 1 aromatic carbocycles. The van der Waals surface area contributed by atoms with Gasteiger partial charge in [0, 0.05) is 37.0 Å². The number of rotatable bonds is 5. The Hall–Kier alpha value is -2.91. The number of nitrogen functional groups attached to an aromatic ring is 1. The number of ether oxygens (including phenoxy) is 2. The van der Waals surface area contributed by atoms with Crippen LogP contribution in [0.5, 0.6) is 5.75 Å². The number of anilines is 1. The number of nitrogens with zero attached hydrogens (tertiary/aromatic N) is 4. The van der Waals surface area contributed by atoms with Crippen molar-refractivity contribution in [2.24, 2.45) is 0 Å². The van der Waals surface area contributed by atoms with Crippen molar-refractivity contribution in [1.82, 2.24) is 19.3 Å². The average Bonchev–Trinajstić information content (AvgIpc) is 3.13. The summed E-state index contributed by atoms with van der Waals surface area (Å²) in [5.74, 6) is -0.489. The molecule has 0 aliphatic carbocycles. The maximum atomic E-state index is 15.4. The Morgan fingerprint density at radius 2 is 2.12 bits per heavy atom. The fraction of sp³-hybridized carbons (Fsp3) is 0.458. The van der Waals surface area contributed by atoms with Gasteiger partial charge < -0.3 is 20.1 Å². The SMILES string of the molecule is Cc1nc([C@@H](C)c2cc(Cl)c(F)c(C(=O)N3CCO[C@H](C)C3)c2OC(C)C)n2ccnc(N)c12. The van der Waals surface area contributed by atoms with E-state index in [1.165, 1.54) is 6.07 Å². The number of amides is 1. The molecule has 2 N–H and O–H groups in total. The first-order valence-electron chi connectivity index (χ1n) is 11.3. The molecule has 0 unspecified atom stereocenters. The van der Waals surface area contributed by atoms with Crippen LogP contribution < -0.4 is 10.5 Å². The lowest BCUT2D eigenvalue weighted by Gasteiger charge is -2.32. The molecule has 1 fully saturated rings. The molecule has 0 radical (unpaired) electrons. The molecule has 0 saturated carbocycles. The average molecular weight is 490 g/mol. The Labute approximate surface area is 202 Å². The van der Waals surface area contributed by atoms with Gasteiger partial charge in [-0.15, -0.1) is 0 Å². The maximum Gasteiger partial charge on any atom is 0.260 e. The number of halogens is 2. The third kappa shape index (κ3) is 4.30. The second-order valence-corrected chi connectivity index (χ2v) is 9.28. The number of hydrogen-bond donors (Lipinski definition) is 1. The highest BCUT2D eigenvalue weighted by Gasteiger charge is 2.33. The number of carbonyl (C=O) groups is 1. The zero-order valence-electron chi connectivity index (χ0n) is 19.9. The van der Waals surface area contributed by atoms with E-state index in [4.69, 9.17) is 31.8 Å². The highest BCUT2D eigenvalue weighted by Crippen LogP contribution is 2.40. The minimum atomic E-state index is -0.796. The molecule has 1 aliphatic rings. The van der Waals surface area contributed by atoms with Crippen LogP contribution in [0.3, 0.4) is 0 Å². The first-order chi connectivity index (χ1) is 16.1. The topological polar surface area (TPSA) is 95.0 Å². The molecule has 8 nitrogen and oxygen atoms in total. The van der Waals surface area contributed by atoms with E-state index in [0.717, 1.165) is 0 Å². The van der Waals surface area contributed by atoms with Gasteiger partial charge >= 0.3 is 0 Å². The number of carbonyl (C=O) groups excluding carboxylic acids is 1. The Bertz CT molecular complexity index is 1250. The van der Waals surface area contributed by atoms with E-state index in [2.05, 4.69) is 4.98 Å². The van der Waals surface area contributed by atoms with Crippen molar-refractivity contribution >= 4 is 28.8 Å². The summed E-state index contributed by atoms with van der Waals surface area (Å²) in [4.78, 5) is 24.0. The molecule has 4 rings (SSSR count). The Morgan fingerprint density at radius 3 is 2.79 bits per heavy atom. The monoisotopic (exact) mass is 489 g/mol. The van der Waals surface area contributed by atoms with Gasteiger partial charge in [-0.05, 0) is 33.8 Å². The van der Waals surface area contributed by atoms with Gasteiger partial charge in [0.15, 0.2) is 5.82 Å². The van der Waals surface area contributed by atoms with E-state index in [1.807, 2.05) is 39.0 Å². The van der Waals surface area contributed by atoms with Crippen molar-refractivity contribution in [2.75, 3.05) is 25.4 Å². The van der Waals surface area contributed by atoms with Gasteiger partial charge in [0.2, 0.25) is 0 Å². The van der Waals surface area contributed by atoms with Crippen LogP contribution in [0.15, 0.2) is 18.5 Å². The van der Waals surface area contributed by atoms with Crippen LogP contribution in [0.2, 0.25) is 5.02 Å². The van der Waals surface area contributed by atoms with Crippen LogP contribution in [0, 0.1) is 12.7 Å². The molecule has 1 amide bonds. The maximum absolute atomic E-state index is 15.4. The van der Waals surface area contributed by atoms with Gasteiger partial charge in [0.05, 0.1) is 29.5 Å². The van der Waals surface area contributed by atoms with Crippen LogP contribution in [-0.2, 0) is 4.74 Å². The summed E-state index contributed by atoms with van der Waals surface area (Å²) in [6.07, 6.45) is 2.91. The van der Waals surface area contributed by atoms with E-state index in [1.54, 1.807) is 17.3 Å². The van der Waals surface area contributed by atoms with Crippen molar-refractivity contribution in [3.05, 3.63) is 51.9 Å². The first-order valence-corrected chi connectivity index (χ1v) is 11.7. The highest BCUT2D eigenvalue weighted by molar-refractivity contribution is 6.31. The van der Waals surface area contributed by atoms with Crippen molar-refractivity contribution < 1.29 is 18.7 Å². The number of nitrogens with two attached hydrogens (primary N) is 1. The van der Waals surface area contributed by atoms with Crippen LogP contribution in [-0.4, -0.2) is 57.1 Å². The molecule has 1 saturated heterocycles. The number of aromatic nitrogens is 3. The Kier molecular flexibility index (Phi) is 6.69. The van der Waals surface area contributed by atoms with Crippen molar-refractivity contribution in [1.29, 1.82) is 0 Å². The lowest BCUT2D eigenvalue weighted by Crippen LogP contribution is -2.45. The van der Waals surface area contributed by atoms with E-state index < -0.39 is 17.6 Å². The third-order valence-corrected chi connectivity index (χ3v) is 6.21. The van der Waals surface area contributed by atoms with Crippen molar-refractivity contribution in [3.8, 4) is 5.75 Å². The standard InChI is InChI=1S/C24H29ClFN5O3/c1-12(2)34-21-16(14(4)23-29-15(5)20-22(27)28-6-7-31(20)23)10-17(25)19(26)18(21)24(32)30-8-9-33-13(3)11-30/h6-7,10,12-14H,8-9,11H2,1-5H3,(H2,27,28)/t13-,14+/m1/s1. The van der Waals surface area contributed by atoms with Crippen LogP contribution in [0.25, 0.3) is 5.52 Å². The summed E-state index contributed by atoms with van der Waals surface area (Å²) in [6, 6.07) is 1.51. The van der Waals surface area contributed by atoms with Gasteiger partial charge in [-0.2, -0.15) is 0 Å². The van der Waals surface area contributed by atoms with Gasteiger partial charge in [0.25, 0.3) is 5.91 Å². The van der Waals surface area contributed by atoms with Gasteiger partial charge in [-0.3, -0.25) is 9.20 Å². The van der Waals surface area contributed by atoms with Gasteiger partial charge in [-0.1, -0.05) is 18.5 Å². The van der Waals surface area contributed by atoms with Crippen LogP contribution >= 0.6 is 11.6 Å². The zero-order valence-corrected chi connectivity index (χ0v) is 20.7. The molecule has 182 valence electrons. The van der Waals surface area contributed by atoms with E-state index in [9.17, 15) is 4.79 Å². The summed E-state index contributed by atoms with van der Waals surface area (Å²) in [5, 5.41) is -0.152. The van der Waals surface area contributed by atoms with Gasteiger partial charge in [-0.25, -0.2) is 14.4 Å². The predicted molar refractivity (Wildman–Crippen MR) is 128 cm³/mol. The Balaban J connectivity index is 1.89. The minimum absolute atomic E-state index is 0.147. The van der Waals surface area contributed by atoms with Crippen LogP contribution in [0.4, 0.5) is 10.2 Å². The number of imidazole rings is 1. The summed E-state index contributed by atoms with van der Waals surface area (Å²) in [5.41, 5.74) is 7.88. The molecule has 3 aromatic rings. The fourth-order valence-electron chi connectivity index (χ4n) is 4.38. The van der Waals surface area contributed by atoms with E-state index in [0.29, 0.717) is 48.1 Å². The normalized spacial score (nSPS) is 17.4. The third-order valence-electron chi connectivity index (χ3n) is 5.93. The smallest absolute Gasteiger partial charge is 0.260 e. The number of hydrogen-bond acceptors (Lipinski definition) is 6. The molecule has 10 heteroatoms. The minimum Gasteiger partial charge on any atom is -0.490 e. The molecular formula is C24H29ClFN5O3. The summed E-state index contributed by atoms with van der Waals surface area (Å²) >= 11 is 6.34. The summed E-state index contributed by atoms with van der Waals surface area (Å²) in [7, 11) is 0. The van der Waals surface area contributed by atoms with Crippen molar-refractivity contribution in [3.63, 3.8) is 0 Å². The molecule has 0 spiro atoms. The number of morpholine rings is 1. The first kappa shape index (κ1) is 24.2. The summed E-state index contributed by atoms with van der Waals surface area (Å²) < 4.78 is 28.9. The second kappa shape index (κ2) is 9.38. The van der Waals surface area contributed by atoms with Gasteiger partial charge in [0.1, 0.15) is 28.5 Å². The van der Waals surface area contributed by atoms with Crippen molar-refractivity contribution in [2.45, 2.75) is 52.7 Å². The van der Waals surface area contributed by atoms with Crippen LogP contribution in [0.1, 0.15) is 61.1 Å². The molecule has 3 heterocycles. The molecular weight excluding hydrogens is 461 g/mol. The zero-order chi connectivity index (χ0) is 24.7. The lowest BCUT2D eigenvalue weighted by atomic mass is 9.95. The van der Waals surface area contributed by atoms with E-state index in [-0.39, 0.29) is 28.5 Å². The quantitative estimate of drug-likeness (QED) is 0.576. The molecule has 2 aromatic heterocycles. The molecule has 34 heavy (non-hydrogen) atoms. The molecule has 0 bridgehead atoms. The largest absolute Gasteiger partial charge is 0.490 e. The highest BCUT2D eigenvalue weighted by atomic mass is 35.5. The number of benzene rings is 1. The lowest BCUT2D eigenvalue weighted by molar-refractivity contribution is -0.0127. The fourth-order valence-corrected chi connectivity index (χ4v) is 4.59. The predicted octanol–water partition coefficient (Wildman–Crippen LogP) is 4.21. The van der Waals surface area contributed by atoms with E-state index >= 15 is 4.39 Å². The number of fused-ring (bicyclic) bond motifs is 1. The second-order valence-electron chi connectivity index (χ2n) is 8.87. The molecule has 2 atom stereocenters.